The van der Waals surface area contributed by atoms with E-state index in [1.165, 1.54) is 0 Å². The van der Waals surface area contributed by atoms with E-state index in [9.17, 15) is 4.79 Å². The van der Waals surface area contributed by atoms with Crippen molar-refractivity contribution < 1.29 is 9.53 Å². The van der Waals surface area contributed by atoms with Gasteiger partial charge < -0.3 is 10.1 Å². The number of aromatic nitrogens is 3. The Kier molecular flexibility index (Phi) is 7.56. The van der Waals surface area contributed by atoms with Crippen LogP contribution in [0, 0.1) is 6.92 Å². The molecule has 2 aromatic carbocycles. The highest BCUT2D eigenvalue weighted by atomic mass is 35.5. The lowest BCUT2D eigenvalue weighted by atomic mass is 9.87. The van der Waals surface area contributed by atoms with Gasteiger partial charge in [-0.2, -0.15) is 0 Å². The molecule has 0 saturated heterocycles. The lowest BCUT2D eigenvalue weighted by molar-refractivity contribution is 0.102. The van der Waals surface area contributed by atoms with Crippen LogP contribution in [0.5, 0.6) is 5.75 Å². The summed E-state index contributed by atoms with van der Waals surface area (Å²) >= 11 is 6.30. The predicted molar refractivity (Wildman–Crippen MR) is 129 cm³/mol. The van der Waals surface area contributed by atoms with Crippen LogP contribution < -0.4 is 10.1 Å². The molecule has 0 aliphatic carbocycles. The van der Waals surface area contributed by atoms with E-state index in [1.54, 1.807) is 17.7 Å². The molecule has 1 aromatic heterocycles. The highest BCUT2D eigenvalue weighted by molar-refractivity contribution is 6.32. The molecule has 1 amide bonds. The number of nitrogens with one attached hydrogen (secondary N) is 1. The van der Waals surface area contributed by atoms with Crippen LogP contribution in [-0.4, -0.2) is 27.5 Å². The van der Waals surface area contributed by atoms with Crippen LogP contribution in [-0.2, 0) is 5.41 Å². The normalized spacial score (nSPS) is 11.4. The molecule has 0 fully saturated rings. The first-order valence-electron chi connectivity index (χ1n) is 11.0. The maximum atomic E-state index is 13.1. The molecule has 3 aromatic rings. The van der Waals surface area contributed by atoms with Crippen LogP contribution in [0.25, 0.3) is 5.69 Å². The first kappa shape index (κ1) is 23.8. The quantitative estimate of drug-likeness (QED) is 0.403. The van der Waals surface area contributed by atoms with Crippen molar-refractivity contribution in [1.29, 1.82) is 0 Å². The zero-order chi connectivity index (χ0) is 23.3. The largest absolute Gasteiger partial charge is 0.491 e. The SMILES string of the molecule is CCCCCOc1ccc(C(C)(C)C)cc1NC(=O)c1nnn(-c2ccccc2Cl)c1C. The molecular weight excluding hydrogens is 424 g/mol. The monoisotopic (exact) mass is 454 g/mol. The highest BCUT2D eigenvalue weighted by Crippen LogP contribution is 2.32. The Morgan fingerprint density at radius 2 is 1.91 bits per heavy atom. The zero-order valence-electron chi connectivity index (χ0n) is 19.4. The number of carbonyl (C=O) groups excluding carboxylic acids is 1. The smallest absolute Gasteiger partial charge is 0.278 e. The van der Waals surface area contributed by atoms with E-state index in [-0.39, 0.29) is 17.0 Å². The number of hydrogen-bond acceptors (Lipinski definition) is 4. The van der Waals surface area contributed by atoms with Crippen LogP contribution >= 0.6 is 11.6 Å². The molecule has 32 heavy (non-hydrogen) atoms. The lowest BCUT2D eigenvalue weighted by Gasteiger charge is -2.21. The van der Waals surface area contributed by atoms with E-state index in [1.807, 2.05) is 36.4 Å². The Morgan fingerprint density at radius 3 is 2.59 bits per heavy atom. The van der Waals surface area contributed by atoms with Crippen LogP contribution in [0.2, 0.25) is 5.02 Å². The van der Waals surface area contributed by atoms with Gasteiger partial charge in [0.05, 0.1) is 28.7 Å². The maximum absolute atomic E-state index is 13.1. The molecule has 0 atom stereocenters. The van der Waals surface area contributed by atoms with E-state index in [0.29, 0.717) is 34.4 Å². The van der Waals surface area contributed by atoms with Crippen LogP contribution in [0.4, 0.5) is 5.69 Å². The zero-order valence-corrected chi connectivity index (χ0v) is 20.2. The number of unbranched alkanes of at least 4 members (excludes halogenated alkanes) is 2. The fourth-order valence-corrected chi connectivity index (χ4v) is 3.54. The van der Waals surface area contributed by atoms with Gasteiger partial charge in [0, 0.05) is 0 Å². The molecule has 0 spiro atoms. The minimum absolute atomic E-state index is 0.0661. The van der Waals surface area contributed by atoms with E-state index >= 15 is 0 Å². The van der Waals surface area contributed by atoms with Crippen molar-refractivity contribution in [1.82, 2.24) is 15.0 Å². The van der Waals surface area contributed by atoms with Gasteiger partial charge in [-0.05, 0) is 48.6 Å². The summed E-state index contributed by atoms with van der Waals surface area (Å²) in [5.74, 6) is 0.309. The van der Waals surface area contributed by atoms with E-state index in [0.717, 1.165) is 24.8 Å². The van der Waals surface area contributed by atoms with Crippen LogP contribution in [0.3, 0.4) is 0 Å². The number of rotatable bonds is 8. The molecule has 0 aliphatic rings. The second kappa shape index (κ2) is 10.2. The summed E-state index contributed by atoms with van der Waals surface area (Å²) in [4.78, 5) is 13.1. The second-order valence-electron chi connectivity index (χ2n) is 8.86. The number of para-hydroxylation sites is 1. The number of nitrogens with zero attached hydrogens (tertiary/aromatic N) is 3. The third-order valence-electron chi connectivity index (χ3n) is 5.29. The number of amides is 1. The first-order valence-corrected chi connectivity index (χ1v) is 11.4. The van der Waals surface area contributed by atoms with Gasteiger partial charge in [0.2, 0.25) is 0 Å². The van der Waals surface area contributed by atoms with Crippen molar-refractivity contribution in [3.05, 3.63) is 64.4 Å². The molecule has 1 N–H and O–H groups in total. The highest BCUT2D eigenvalue weighted by Gasteiger charge is 2.22. The van der Waals surface area contributed by atoms with Crippen LogP contribution in [0.15, 0.2) is 42.5 Å². The van der Waals surface area contributed by atoms with E-state index < -0.39 is 0 Å². The van der Waals surface area contributed by atoms with Crippen molar-refractivity contribution >= 4 is 23.2 Å². The summed E-state index contributed by atoms with van der Waals surface area (Å²) in [7, 11) is 0. The molecule has 0 saturated carbocycles. The van der Waals surface area contributed by atoms with Gasteiger partial charge in [0.15, 0.2) is 5.69 Å². The van der Waals surface area contributed by atoms with Crippen LogP contribution in [0.1, 0.15) is 68.7 Å². The van der Waals surface area contributed by atoms with Gasteiger partial charge in [-0.3, -0.25) is 4.79 Å². The standard InChI is InChI=1S/C25H31ClN4O2/c1-6-7-10-15-32-22-14-13-18(25(3,4)5)16-20(22)27-24(31)23-17(2)30(29-28-23)21-12-9-8-11-19(21)26/h8-9,11-14,16H,6-7,10,15H2,1-5H3,(H,27,31). The molecule has 0 radical (unpaired) electrons. The summed E-state index contributed by atoms with van der Waals surface area (Å²) in [5, 5.41) is 11.8. The fraction of sp³-hybridized carbons (Fsp3) is 0.400. The van der Waals surface area contributed by atoms with Crippen molar-refractivity contribution in [3.63, 3.8) is 0 Å². The van der Waals surface area contributed by atoms with Gasteiger partial charge in [-0.25, -0.2) is 4.68 Å². The molecule has 0 bridgehead atoms. The number of hydrogen-bond donors (Lipinski definition) is 1. The topological polar surface area (TPSA) is 69.0 Å². The van der Waals surface area contributed by atoms with Crippen molar-refractivity contribution in [2.45, 2.75) is 59.3 Å². The fourth-order valence-electron chi connectivity index (χ4n) is 3.33. The number of halogens is 1. The van der Waals surface area contributed by atoms with E-state index in [4.69, 9.17) is 16.3 Å². The van der Waals surface area contributed by atoms with Crippen molar-refractivity contribution in [2.75, 3.05) is 11.9 Å². The average molecular weight is 455 g/mol. The maximum Gasteiger partial charge on any atom is 0.278 e. The molecular formula is C25H31ClN4O2. The Hall–Kier alpha value is -2.86. The Balaban J connectivity index is 1.88. The van der Waals surface area contributed by atoms with Crippen molar-refractivity contribution in [2.24, 2.45) is 0 Å². The molecule has 170 valence electrons. The number of benzene rings is 2. The number of anilines is 1. The predicted octanol–water partition coefficient (Wildman–Crippen LogP) is 6.35. The minimum Gasteiger partial charge on any atom is -0.491 e. The molecule has 6 nitrogen and oxygen atoms in total. The summed E-state index contributed by atoms with van der Waals surface area (Å²) in [6.45, 7) is 11.0. The van der Waals surface area contributed by atoms with Gasteiger partial charge in [0.25, 0.3) is 5.91 Å². The molecule has 1 heterocycles. The summed E-state index contributed by atoms with van der Waals surface area (Å²) in [6, 6.07) is 13.3. The van der Waals surface area contributed by atoms with Gasteiger partial charge in [-0.1, -0.05) is 75.6 Å². The average Bonchev–Trinajstić information content (AvgIpc) is 3.13. The minimum atomic E-state index is -0.342. The third-order valence-corrected chi connectivity index (χ3v) is 5.61. The molecule has 7 heteroatoms. The molecule has 0 aliphatic heterocycles. The Morgan fingerprint density at radius 1 is 1.16 bits per heavy atom. The second-order valence-corrected chi connectivity index (χ2v) is 9.26. The number of ether oxygens (including phenoxy) is 1. The van der Waals surface area contributed by atoms with E-state index in [2.05, 4.69) is 43.3 Å². The first-order chi connectivity index (χ1) is 15.2. The van der Waals surface area contributed by atoms with Gasteiger partial charge >= 0.3 is 0 Å². The third kappa shape index (κ3) is 5.49. The van der Waals surface area contributed by atoms with Crippen molar-refractivity contribution in [3.8, 4) is 11.4 Å². The number of carbonyl (C=O) groups is 1. The molecule has 3 rings (SSSR count). The lowest BCUT2D eigenvalue weighted by Crippen LogP contribution is -2.17. The van der Waals surface area contributed by atoms with Gasteiger partial charge in [0.1, 0.15) is 5.75 Å². The Bertz CT molecular complexity index is 1090. The summed E-state index contributed by atoms with van der Waals surface area (Å²) < 4.78 is 7.57. The molecule has 0 unspecified atom stereocenters. The summed E-state index contributed by atoms with van der Waals surface area (Å²) in [5.41, 5.74) is 3.18. The van der Waals surface area contributed by atoms with Gasteiger partial charge in [-0.15, -0.1) is 5.10 Å². The summed E-state index contributed by atoms with van der Waals surface area (Å²) in [6.07, 6.45) is 3.19. The Labute approximate surface area is 194 Å².